The molecule has 0 aliphatic heterocycles. The number of aromatic nitrogens is 2. The molecule has 8 heteroatoms. The van der Waals surface area contributed by atoms with Crippen LogP contribution in [-0.4, -0.2) is 21.7 Å². The summed E-state index contributed by atoms with van der Waals surface area (Å²) >= 11 is 2.50. The number of rotatable bonds is 5. The fraction of sp³-hybridized carbons (Fsp3) is 0.278. The van der Waals surface area contributed by atoms with E-state index >= 15 is 0 Å². The van der Waals surface area contributed by atoms with Gasteiger partial charge in [-0.1, -0.05) is 12.1 Å². The summed E-state index contributed by atoms with van der Waals surface area (Å²) in [4.78, 5) is 33.5. The van der Waals surface area contributed by atoms with Gasteiger partial charge in [0.1, 0.15) is 10.6 Å². The van der Waals surface area contributed by atoms with Crippen molar-refractivity contribution in [1.82, 2.24) is 9.97 Å². The minimum Gasteiger partial charge on any atom is -0.454 e. The van der Waals surface area contributed by atoms with E-state index in [0.717, 1.165) is 22.2 Å². The molecule has 0 saturated heterocycles. The molecule has 3 rings (SSSR count). The lowest BCUT2D eigenvalue weighted by atomic mass is 10.2. The maximum absolute atomic E-state index is 13.6. The van der Waals surface area contributed by atoms with Gasteiger partial charge in [0.2, 0.25) is 0 Å². The van der Waals surface area contributed by atoms with Gasteiger partial charge in [0.15, 0.2) is 11.9 Å². The number of hydrogen-bond acceptors (Lipinski definition) is 6. The number of aromatic amines is 1. The zero-order valence-electron chi connectivity index (χ0n) is 14.5. The van der Waals surface area contributed by atoms with E-state index in [-0.39, 0.29) is 17.1 Å². The average molecular weight is 392 g/mol. The Balaban J connectivity index is 1.70. The molecule has 0 saturated carbocycles. The summed E-state index contributed by atoms with van der Waals surface area (Å²) in [6, 6.07) is 6.23. The van der Waals surface area contributed by atoms with E-state index in [1.165, 1.54) is 17.4 Å². The number of H-pyrrole nitrogens is 1. The summed E-state index contributed by atoms with van der Waals surface area (Å²) in [6.45, 7) is 5.46. The van der Waals surface area contributed by atoms with Crippen LogP contribution in [-0.2, 0) is 9.53 Å². The molecule has 0 amide bonds. The zero-order valence-corrected chi connectivity index (χ0v) is 16.1. The first-order valence-electron chi connectivity index (χ1n) is 7.93. The molecule has 0 fully saturated rings. The Hall–Kier alpha value is -2.19. The van der Waals surface area contributed by atoms with Crippen molar-refractivity contribution >= 4 is 39.3 Å². The molecule has 2 heterocycles. The molecule has 26 heavy (non-hydrogen) atoms. The van der Waals surface area contributed by atoms with Gasteiger partial charge >= 0.3 is 5.97 Å². The normalized spacial score (nSPS) is 12.3. The Kier molecular flexibility index (Phi) is 5.43. The number of benzene rings is 1. The van der Waals surface area contributed by atoms with Crippen molar-refractivity contribution in [2.75, 3.05) is 5.75 Å². The van der Waals surface area contributed by atoms with Crippen molar-refractivity contribution < 1.29 is 13.9 Å². The SMILES string of the molecule is Cc1sc2nc([C@H](C)OC(=O)CSc3ccccc3F)[nH]c(=O)c2c1C. The van der Waals surface area contributed by atoms with Gasteiger partial charge in [0, 0.05) is 9.77 Å². The topological polar surface area (TPSA) is 72.0 Å². The van der Waals surface area contributed by atoms with Gasteiger partial charge in [-0.25, -0.2) is 9.37 Å². The van der Waals surface area contributed by atoms with E-state index in [2.05, 4.69) is 9.97 Å². The summed E-state index contributed by atoms with van der Waals surface area (Å²) in [5.41, 5.74) is 0.673. The Labute approximate surface area is 157 Å². The van der Waals surface area contributed by atoms with Crippen LogP contribution in [0.4, 0.5) is 4.39 Å². The number of nitrogens with one attached hydrogen (secondary N) is 1. The molecule has 1 N–H and O–H groups in total. The highest BCUT2D eigenvalue weighted by molar-refractivity contribution is 8.00. The molecule has 0 radical (unpaired) electrons. The number of thiophene rings is 1. The van der Waals surface area contributed by atoms with Gasteiger partial charge in [-0.05, 0) is 38.5 Å². The van der Waals surface area contributed by atoms with Gasteiger partial charge in [-0.2, -0.15) is 0 Å². The number of carbonyl (C=O) groups is 1. The lowest BCUT2D eigenvalue weighted by Crippen LogP contribution is -2.18. The second-order valence-corrected chi connectivity index (χ2v) is 7.99. The first-order chi connectivity index (χ1) is 12.4. The minimum absolute atomic E-state index is 0.0328. The third-order valence-corrected chi connectivity index (χ3v) is 6.06. The van der Waals surface area contributed by atoms with Crippen LogP contribution in [0.1, 0.15) is 29.3 Å². The molecule has 0 spiro atoms. The Morgan fingerprint density at radius 3 is 2.85 bits per heavy atom. The van der Waals surface area contributed by atoms with Crippen molar-refractivity contribution in [3.63, 3.8) is 0 Å². The smallest absolute Gasteiger partial charge is 0.316 e. The number of aryl methyl sites for hydroxylation is 2. The van der Waals surface area contributed by atoms with Gasteiger partial charge in [0.05, 0.1) is 11.1 Å². The molecular weight excluding hydrogens is 375 g/mol. The van der Waals surface area contributed by atoms with E-state index in [9.17, 15) is 14.0 Å². The fourth-order valence-electron chi connectivity index (χ4n) is 2.45. The fourth-order valence-corrected chi connectivity index (χ4v) is 4.21. The van der Waals surface area contributed by atoms with Crippen LogP contribution in [0.5, 0.6) is 0 Å². The first kappa shape index (κ1) is 18.6. The number of esters is 1. The van der Waals surface area contributed by atoms with Crippen molar-refractivity contribution in [2.45, 2.75) is 31.8 Å². The van der Waals surface area contributed by atoms with Crippen LogP contribution in [0.25, 0.3) is 10.2 Å². The molecule has 136 valence electrons. The van der Waals surface area contributed by atoms with Gasteiger partial charge in [0.25, 0.3) is 5.56 Å². The molecule has 0 aliphatic carbocycles. The Bertz CT molecular complexity index is 1030. The highest BCUT2D eigenvalue weighted by atomic mass is 32.2. The second kappa shape index (κ2) is 7.59. The number of nitrogens with zero attached hydrogens (tertiary/aromatic N) is 1. The van der Waals surface area contributed by atoms with Crippen molar-refractivity contribution in [2.24, 2.45) is 0 Å². The largest absolute Gasteiger partial charge is 0.454 e. The van der Waals surface area contributed by atoms with E-state index in [1.807, 2.05) is 13.8 Å². The van der Waals surface area contributed by atoms with Crippen LogP contribution >= 0.6 is 23.1 Å². The van der Waals surface area contributed by atoms with E-state index in [0.29, 0.717) is 20.9 Å². The number of fused-ring (bicyclic) bond motifs is 1. The summed E-state index contributed by atoms with van der Waals surface area (Å²) < 4.78 is 18.9. The molecule has 5 nitrogen and oxygen atoms in total. The number of carbonyl (C=O) groups excluding carboxylic acids is 1. The lowest BCUT2D eigenvalue weighted by Gasteiger charge is -2.12. The third-order valence-electron chi connectivity index (χ3n) is 3.93. The maximum atomic E-state index is 13.6. The molecule has 0 aliphatic rings. The predicted molar refractivity (Wildman–Crippen MR) is 101 cm³/mol. The van der Waals surface area contributed by atoms with Gasteiger partial charge in [-0.15, -0.1) is 23.1 Å². The van der Waals surface area contributed by atoms with E-state index in [4.69, 9.17) is 4.74 Å². The minimum atomic E-state index is -0.705. The maximum Gasteiger partial charge on any atom is 0.316 e. The van der Waals surface area contributed by atoms with Crippen LogP contribution < -0.4 is 5.56 Å². The standard InChI is InChI=1S/C18H17FN2O3S2/c1-9-11(3)26-18-15(9)17(23)20-16(21-18)10(2)24-14(22)8-25-13-7-5-4-6-12(13)19/h4-7,10H,8H2,1-3H3,(H,20,21,23)/t10-/m0/s1. The highest BCUT2D eigenvalue weighted by Crippen LogP contribution is 2.27. The van der Waals surface area contributed by atoms with Crippen molar-refractivity contribution in [3.8, 4) is 0 Å². The lowest BCUT2D eigenvalue weighted by molar-refractivity contribution is -0.145. The van der Waals surface area contributed by atoms with Gasteiger partial charge in [-0.3, -0.25) is 9.59 Å². The molecule has 1 atom stereocenters. The van der Waals surface area contributed by atoms with E-state index < -0.39 is 12.1 Å². The third kappa shape index (κ3) is 3.81. The van der Waals surface area contributed by atoms with Crippen LogP contribution in [0, 0.1) is 19.7 Å². The van der Waals surface area contributed by atoms with Gasteiger partial charge < -0.3 is 9.72 Å². The van der Waals surface area contributed by atoms with Crippen LogP contribution in [0.15, 0.2) is 34.0 Å². The molecule has 1 aromatic carbocycles. The van der Waals surface area contributed by atoms with Crippen LogP contribution in [0.2, 0.25) is 0 Å². The molecule has 3 aromatic rings. The average Bonchev–Trinajstić information content (AvgIpc) is 2.88. The number of hydrogen-bond donors (Lipinski definition) is 1. The highest BCUT2D eigenvalue weighted by Gasteiger charge is 2.18. The predicted octanol–water partition coefficient (Wildman–Crippen LogP) is 4.14. The summed E-state index contributed by atoms with van der Waals surface area (Å²) in [6.07, 6.45) is -0.705. The summed E-state index contributed by atoms with van der Waals surface area (Å²) in [7, 11) is 0. The monoisotopic (exact) mass is 392 g/mol. The molecule has 0 bridgehead atoms. The van der Waals surface area contributed by atoms with Crippen molar-refractivity contribution in [1.29, 1.82) is 0 Å². The first-order valence-corrected chi connectivity index (χ1v) is 9.73. The quantitative estimate of drug-likeness (QED) is 0.522. The zero-order chi connectivity index (χ0) is 18.8. The molecule has 2 aromatic heterocycles. The van der Waals surface area contributed by atoms with E-state index in [1.54, 1.807) is 25.1 Å². The second-order valence-electron chi connectivity index (χ2n) is 5.77. The van der Waals surface area contributed by atoms with Crippen molar-refractivity contribution in [3.05, 3.63) is 56.7 Å². The number of ether oxygens (including phenoxy) is 1. The Morgan fingerprint density at radius 2 is 2.12 bits per heavy atom. The molecule has 0 unspecified atom stereocenters. The van der Waals surface area contributed by atoms with Crippen LogP contribution in [0.3, 0.4) is 0 Å². The number of thioether (sulfide) groups is 1. The Morgan fingerprint density at radius 1 is 1.38 bits per heavy atom. The number of halogens is 1. The summed E-state index contributed by atoms with van der Waals surface area (Å²) in [5.74, 6) is -0.618. The summed E-state index contributed by atoms with van der Waals surface area (Å²) in [5, 5.41) is 0.574. The molecular formula is C18H17FN2O3S2.